The molecule has 2 nitrogen and oxygen atoms in total. The minimum Gasteiger partial charge on any atom is -0.350 e. The Morgan fingerprint density at radius 2 is 1.91 bits per heavy atom. The van der Waals surface area contributed by atoms with Gasteiger partial charge in [0.15, 0.2) is 0 Å². The van der Waals surface area contributed by atoms with E-state index in [1.165, 1.54) is 23.1 Å². The van der Waals surface area contributed by atoms with Crippen LogP contribution in [0.3, 0.4) is 0 Å². The van der Waals surface area contributed by atoms with Crippen molar-refractivity contribution in [3.05, 3.63) is 70.6 Å². The van der Waals surface area contributed by atoms with Gasteiger partial charge < -0.3 is 10.3 Å². The monoisotopic (exact) mass is 316 g/mol. The molecule has 3 rings (SSSR count). The second kappa shape index (κ2) is 6.11. The topological polar surface area (TPSA) is 30.9 Å². The highest BCUT2D eigenvalue weighted by atomic mass is 35.5. The molecule has 1 heterocycles. The molecule has 1 atom stereocenters. The molecular weight excluding hydrogens is 299 g/mol. The number of benzene rings is 2. The SMILES string of the molecule is Cn1cc(C(CN)Cc2ccc(F)cc2)c2ccc(Cl)cc21. The Hall–Kier alpha value is -1.84. The molecule has 0 aliphatic rings. The van der Waals surface area contributed by atoms with E-state index in [4.69, 9.17) is 17.3 Å². The smallest absolute Gasteiger partial charge is 0.123 e. The van der Waals surface area contributed by atoms with E-state index in [1.807, 2.05) is 37.4 Å². The fourth-order valence-corrected chi connectivity index (χ4v) is 3.11. The van der Waals surface area contributed by atoms with Crippen LogP contribution in [-0.2, 0) is 13.5 Å². The first-order valence-corrected chi connectivity index (χ1v) is 7.65. The number of hydrogen-bond donors (Lipinski definition) is 1. The summed E-state index contributed by atoms with van der Waals surface area (Å²) in [5.41, 5.74) is 9.40. The summed E-state index contributed by atoms with van der Waals surface area (Å²) in [6, 6.07) is 12.5. The van der Waals surface area contributed by atoms with Crippen molar-refractivity contribution < 1.29 is 4.39 Å². The van der Waals surface area contributed by atoms with Crippen LogP contribution in [0.5, 0.6) is 0 Å². The number of fused-ring (bicyclic) bond motifs is 1. The summed E-state index contributed by atoms with van der Waals surface area (Å²) in [6.07, 6.45) is 2.90. The molecule has 1 aromatic heterocycles. The zero-order chi connectivity index (χ0) is 15.7. The molecule has 0 saturated carbocycles. The molecule has 2 N–H and O–H groups in total. The molecular formula is C18H18ClFN2. The van der Waals surface area contributed by atoms with Crippen molar-refractivity contribution in [2.45, 2.75) is 12.3 Å². The van der Waals surface area contributed by atoms with Crippen LogP contribution in [0.25, 0.3) is 10.9 Å². The Balaban J connectivity index is 1.98. The molecule has 0 radical (unpaired) electrons. The Bertz CT molecular complexity index is 793. The van der Waals surface area contributed by atoms with Crippen LogP contribution in [0, 0.1) is 5.82 Å². The van der Waals surface area contributed by atoms with Crippen LogP contribution in [0.15, 0.2) is 48.7 Å². The molecule has 0 aliphatic carbocycles. The van der Waals surface area contributed by atoms with Gasteiger partial charge in [0, 0.05) is 35.1 Å². The minimum absolute atomic E-state index is 0.190. The van der Waals surface area contributed by atoms with Gasteiger partial charge in [-0.2, -0.15) is 0 Å². The molecule has 0 spiro atoms. The first-order valence-electron chi connectivity index (χ1n) is 7.27. The Labute approximate surface area is 134 Å². The van der Waals surface area contributed by atoms with Crippen molar-refractivity contribution in [2.75, 3.05) is 6.54 Å². The van der Waals surface area contributed by atoms with E-state index in [0.29, 0.717) is 6.54 Å². The van der Waals surface area contributed by atoms with E-state index in [9.17, 15) is 4.39 Å². The van der Waals surface area contributed by atoms with Gasteiger partial charge >= 0.3 is 0 Å². The van der Waals surface area contributed by atoms with Crippen LogP contribution >= 0.6 is 11.6 Å². The summed E-state index contributed by atoms with van der Waals surface area (Å²) < 4.78 is 15.1. The largest absolute Gasteiger partial charge is 0.350 e. The van der Waals surface area contributed by atoms with E-state index in [2.05, 4.69) is 10.8 Å². The lowest BCUT2D eigenvalue weighted by molar-refractivity contribution is 0.625. The fraction of sp³-hybridized carbons (Fsp3) is 0.222. The van der Waals surface area contributed by atoms with Gasteiger partial charge in [0.05, 0.1) is 0 Å². The molecule has 22 heavy (non-hydrogen) atoms. The average molecular weight is 317 g/mol. The van der Waals surface area contributed by atoms with Gasteiger partial charge in [-0.3, -0.25) is 0 Å². The number of aryl methyl sites for hydroxylation is 1. The standard InChI is InChI=1S/C18H18ClFN2/c1-22-11-17(16-7-4-14(19)9-18(16)22)13(10-21)8-12-2-5-15(20)6-3-12/h2-7,9,11,13H,8,10,21H2,1H3. The second-order valence-electron chi connectivity index (χ2n) is 5.62. The van der Waals surface area contributed by atoms with E-state index < -0.39 is 0 Å². The Morgan fingerprint density at radius 3 is 2.59 bits per heavy atom. The van der Waals surface area contributed by atoms with Crippen molar-refractivity contribution >= 4 is 22.5 Å². The summed E-state index contributed by atoms with van der Waals surface area (Å²) in [5.74, 6) is -0.0248. The lowest BCUT2D eigenvalue weighted by Gasteiger charge is -2.14. The van der Waals surface area contributed by atoms with Gasteiger partial charge in [0.25, 0.3) is 0 Å². The maximum Gasteiger partial charge on any atom is 0.123 e. The maximum atomic E-state index is 13.0. The Kier molecular flexibility index (Phi) is 4.19. The molecule has 1 unspecified atom stereocenters. The molecule has 2 aromatic carbocycles. The van der Waals surface area contributed by atoms with Gasteiger partial charge in [-0.15, -0.1) is 0 Å². The number of halogens is 2. The lowest BCUT2D eigenvalue weighted by atomic mass is 9.92. The van der Waals surface area contributed by atoms with Crippen LogP contribution in [-0.4, -0.2) is 11.1 Å². The van der Waals surface area contributed by atoms with Crippen molar-refractivity contribution in [3.63, 3.8) is 0 Å². The van der Waals surface area contributed by atoms with E-state index >= 15 is 0 Å². The molecule has 3 aromatic rings. The average Bonchev–Trinajstić information content (AvgIpc) is 2.83. The highest BCUT2D eigenvalue weighted by Gasteiger charge is 2.17. The number of aromatic nitrogens is 1. The van der Waals surface area contributed by atoms with Crippen LogP contribution in [0.1, 0.15) is 17.0 Å². The van der Waals surface area contributed by atoms with Gasteiger partial charge in [-0.05, 0) is 48.4 Å². The summed E-state index contributed by atoms with van der Waals surface area (Å²) in [5, 5.41) is 1.90. The first kappa shape index (κ1) is 15.1. The molecule has 0 bridgehead atoms. The third-order valence-electron chi connectivity index (χ3n) is 4.10. The van der Waals surface area contributed by atoms with Crippen LogP contribution < -0.4 is 5.73 Å². The van der Waals surface area contributed by atoms with Crippen molar-refractivity contribution in [1.82, 2.24) is 4.57 Å². The number of nitrogens with two attached hydrogens (primary N) is 1. The zero-order valence-corrected chi connectivity index (χ0v) is 13.1. The van der Waals surface area contributed by atoms with Crippen LogP contribution in [0.2, 0.25) is 5.02 Å². The third kappa shape index (κ3) is 2.87. The summed E-state index contributed by atoms with van der Waals surface area (Å²) in [4.78, 5) is 0. The predicted octanol–water partition coefficient (Wildman–Crippen LogP) is 4.26. The fourth-order valence-electron chi connectivity index (χ4n) is 2.94. The molecule has 4 heteroatoms. The Morgan fingerprint density at radius 1 is 1.18 bits per heavy atom. The van der Waals surface area contributed by atoms with E-state index in [0.717, 1.165) is 22.5 Å². The summed E-state index contributed by atoms with van der Waals surface area (Å²) >= 11 is 6.08. The zero-order valence-electron chi connectivity index (χ0n) is 12.4. The van der Waals surface area contributed by atoms with E-state index in [1.54, 1.807) is 0 Å². The molecule has 0 aliphatic heterocycles. The molecule has 0 fully saturated rings. The van der Waals surface area contributed by atoms with Crippen LogP contribution in [0.4, 0.5) is 4.39 Å². The van der Waals surface area contributed by atoms with E-state index in [-0.39, 0.29) is 11.7 Å². The van der Waals surface area contributed by atoms with Crippen molar-refractivity contribution in [3.8, 4) is 0 Å². The van der Waals surface area contributed by atoms with Crippen molar-refractivity contribution in [2.24, 2.45) is 12.8 Å². The van der Waals surface area contributed by atoms with Gasteiger partial charge in [0.1, 0.15) is 5.82 Å². The number of rotatable bonds is 4. The van der Waals surface area contributed by atoms with Gasteiger partial charge in [0.2, 0.25) is 0 Å². The highest BCUT2D eigenvalue weighted by Crippen LogP contribution is 2.31. The normalized spacial score (nSPS) is 12.7. The predicted molar refractivity (Wildman–Crippen MR) is 89.8 cm³/mol. The highest BCUT2D eigenvalue weighted by molar-refractivity contribution is 6.31. The third-order valence-corrected chi connectivity index (χ3v) is 4.34. The molecule has 0 saturated heterocycles. The quantitative estimate of drug-likeness (QED) is 0.766. The number of hydrogen-bond acceptors (Lipinski definition) is 1. The van der Waals surface area contributed by atoms with Gasteiger partial charge in [-0.25, -0.2) is 4.39 Å². The van der Waals surface area contributed by atoms with Gasteiger partial charge in [-0.1, -0.05) is 29.8 Å². The first-order chi connectivity index (χ1) is 10.6. The molecule has 114 valence electrons. The second-order valence-corrected chi connectivity index (χ2v) is 6.06. The number of nitrogens with zero attached hydrogens (tertiary/aromatic N) is 1. The summed E-state index contributed by atoms with van der Waals surface area (Å²) in [7, 11) is 2.01. The lowest BCUT2D eigenvalue weighted by Crippen LogP contribution is -2.14. The van der Waals surface area contributed by atoms with Crippen molar-refractivity contribution in [1.29, 1.82) is 0 Å². The maximum absolute atomic E-state index is 13.0. The summed E-state index contributed by atoms with van der Waals surface area (Å²) in [6.45, 7) is 0.541. The molecule has 0 amide bonds. The minimum atomic E-state index is -0.215.